The fourth-order valence-electron chi connectivity index (χ4n) is 0. The van der Waals surface area contributed by atoms with Crippen LogP contribution in [0.5, 0.6) is 0 Å². The summed E-state index contributed by atoms with van der Waals surface area (Å²) in [7, 11) is 0. The van der Waals surface area contributed by atoms with E-state index in [4.69, 9.17) is 0 Å². The van der Waals surface area contributed by atoms with E-state index in [0.717, 1.165) is 0 Å². The SMILES string of the molecule is Cl.NN.[Bi]. The van der Waals surface area contributed by atoms with E-state index in [-0.39, 0.29) is 38.6 Å². The molecule has 0 unspecified atom stereocenters. The normalized spacial score (nSPS) is 1.50. The smallest absolute Gasteiger partial charge is 0 e. The van der Waals surface area contributed by atoms with Gasteiger partial charge in [-0.15, -0.1) is 12.4 Å². The molecule has 0 aliphatic carbocycles. The third kappa shape index (κ3) is 11.3. The van der Waals surface area contributed by atoms with Crippen LogP contribution in [0.4, 0.5) is 0 Å². The first-order chi connectivity index (χ1) is 1.00. The Morgan fingerprint density at radius 3 is 1.00 bits per heavy atom. The molecule has 0 bridgehead atoms. The molecule has 4 heavy (non-hydrogen) atoms. The second kappa shape index (κ2) is 32.8. The molecule has 27 valence electrons. The van der Waals surface area contributed by atoms with Gasteiger partial charge in [0, 0.05) is 26.2 Å². The Bertz CT molecular complexity index is 6.00. The van der Waals surface area contributed by atoms with Crippen molar-refractivity contribution in [3.63, 3.8) is 0 Å². The van der Waals surface area contributed by atoms with Crippen molar-refractivity contribution in [2.45, 2.75) is 0 Å². The molecule has 0 atom stereocenters. The monoisotopic (exact) mass is 277 g/mol. The van der Waals surface area contributed by atoms with E-state index >= 15 is 0 Å². The molecule has 0 fully saturated rings. The molecule has 0 saturated heterocycles. The molecule has 0 aliphatic rings. The van der Waals surface area contributed by atoms with Gasteiger partial charge in [0.15, 0.2) is 0 Å². The van der Waals surface area contributed by atoms with Crippen LogP contribution in [-0.2, 0) is 0 Å². The van der Waals surface area contributed by atoms with Crippen LogP contribution in [0.1, 0.15) is 0 Å². The molecule has 0 aromatic carbocycles. The van der Waals surface area contributed by atoms with Crippen LogP contribution in [0.3, 0.4) is 0 Å². The number of nitrogens with two attached hydrogens (primary N) is 2. The standard InChI is InChI=1S/Bi.ClH.H4N2/c;;1-2/h;1H;1-2H2. The zero-order valence-corrected chi connectivity index (χ0v) is 6.30. The summed E-state index contributed by atoms with van der Waals surface area (Å²) in [6.45, 7) is 0. The van der Waals surface area contributed by atoms with Crippen molar-refractivity contribution >= 4 is 38.6 Å². The minimum Gasteiger partial charge on any atom is -0.274 e. The van der Waals surface area contributed by atoms with E-state index in [9.17, 15) is 0 Å². The van der Waals surface area contributed by atoms with Gasteiger partial charge in [-0.3, -0.25) is 11.7 Å². The van der Waals surface area contributed by atoms with Gasteiger partial charge < -0.3 is 0 Å². The number of hydrogen-bond acceptors (Lipinski definition) is 2. The Balaban J connectivity index is -0.00000000500. The Morgan fingerprint density at radius 2 is 1.00 bits per heavy atom. The summed E-state index contributed by atoms with van der Waals surface area (Å²) in [6, 6.07) is 0. The van der Waals surface area contributed by atoms with Gasteiger partial charge in [-0.2, -0.15) is 0 Å². The molecule has 0 aliphatic heterocycles. The largest absolute Gasteiger partial charge is 0.274 e. The summed E-state index contributed by atoms with van der Waals surface area (Å²) in [5.41, 5.74) is 0. The molecule has 0 amide bonds. The Hall–Kier alpha value is 1.09. The maximum absolute atomic E-state index is 4.00. The van der Waals surface area contributed by atoms with Crippen molar-refractivity contribution in [2.24, 2.45) is 11.7 Å². The van der Waals surface area contributed by atoms with E-state index in [2.05, 4.69) is 11.7 Å². The van der Waals surface area contributed by atoms with E-state index in [0.29, 0.717) is 0 Å². The van der Waals surface area contributed by atoms with Gasteiger partial charge in [-0.1, -0.05) is 0 Å². The number of hydrazine groups is 1. The quantitative estimate of drug-likeness (QED) is 0.334. The van der Waals surface area contributed by atoms with Crippen molar-refractivity contribution in [2.75, 3.05) is 0 Å². The Morgan fingerprint density at radius 1 is 1.00 bits per heavy atom. The predicted molar refractivity (Wildman–Crippen MR) is 21.4 cm³/mol. The summed E-state index contributed by atoms with van der Waals surface area (Å²) < 4.78 is 0. The van der Waals surface area contributed by atoms with Crippen LogP contribution in [-0.4, -0.2) is 26.2 Å². The van der Waals surface area contributed by atoms with Gasteiger partial charge >= 0.3 is 0 Å². The molecule has 4 N–H and O–H groups in total. The average molecular weight is 277 g/mol. The second-order valence-electron chi connectivity index (χ2n) is 0. The Labute approximate surface area is 50.4 Å². The van der Waals surface area contributed by atoms with E-state index in [1.54, 1.807) is 0 Å². The van der Waals surface area contributed by atoms with Crippen molar-refractivity contribution in [3.8, 4) is 0 Å². The van der Waals surface area contributed by atoms with Crippen LogP contribution in [0, 0.1) is 0 Å². The van der Waals surface area contributed by atoms with Gasteiger partial charge in [0.1, 0.15) is 0 Å². The maximum Gasteiger partial charge on any atom is 0 e. The van der Waals surface area contributed by atoms with Gasteiger partial charge in [-0.25, -0.2) is 0 Å². The average Bonchev–Trinajstić information content (AvgIpc) is 1.00. The molecule has 3 radical (unpaired) electrons. The molecular weight excluding hydrogens is 272 g/mol. The van der Waals surface area contributed by atoms with Crippen molar-refractivity contribution in [1.82, 2.24) is 0 Å². The van der Waals surface area contributed by atoms with Crippen LogP contribution >= 0.6 is 12.4 Å². The van der Waals surface area contributed by atoms with Crippen LogP contribution in [0.25, 0.3) is 0 Å². The molecule has 0 rings (SSSR count). The predicted octanol–water partition coefficient (Wildman–Crippen LogP) is -1.14. The van der Waals surface area contributed by atoms with Gasteiger partial charge in [0.2, 0.25) is 0 Å². The number of hydrogen-bond donors (Lipinski definition) is 2. The summed E-state index contributed by atoms with van der Waals surface area (Å²) >= 11 is 0. The van der Waals surface area contributed by atoms with Gasteiger partial charge in [-0.05, 0) is 0 Å². The van der Waals surface area contributed by atoms with Crippen molar-refractivity contribution in [1.29, 1.82) is 0 Å². The molecule has 4 heteroatoms. The summed E-state index contributed by atoms with van der Waals surface area (Å²) in [5.74, 6) is 8.00. The van der Waals surface area contributed by atoms with Gasteiger partial charge in [0.05, 0.1) is 0 Å². The summed E-state index contributed by atoms with van der Waals surface area (Å²) in [4.78, 5) is 0. The third-order valence-electron chi connectivity index (χ3n) is 0. The topological polar surface area (TPSA) is 52.0 Å². The van der Waals surface area contributed by atoms with Crippen LogP contribution < -0.4 is 11.7 Å². The summed E-state index contributed by atoms with van der Waals surface area (Å²) in [6.07, 6.45) is 0. The number of rotatable bonds is 0. The fourth-order valence-corrected chi connectivity index (χ4v) is 0. The Kier molecular flexibility index (Phi) is 160. The molecule has 0 saturated carbocycles. The van der Waals surface area contributed by atoms with Crippen LogP contribution in [0.15, 0.2) is 0 Å². The summed E-state index contributed by atoms with van der Waals surface area (Å²) in [5, 5.41) is 0. The van der Waals surface area contributed by atoms with E-state index < -0.39 is 0 Å². The number of halogens is 1. The zero-order valence-electron chi connectivity index (χ0n) is 2.01. The van der Waals surface area contributed by atoms with Crippen molar-refractivity contribution in [3.05, 3.63) is 0 Å². The molecule has 2 nitrogen and oxygen atoms in total. The molecule has 0 heterocycles. The van der Waals surface area contributed by atoms with E-state index in [1.165, 1.54) is 0 Å². The first-order valence-electron chi connectivity index (χ1n) is 0.333. The van der Waals surface area contributed by atoms with E-state index in [1.807, 2.05) is 0 Å². The van der Waals surface area contributed by atoms with Crippen LogP contribution in [0.2, 0.25) is 0 Å². The third-order valence-corrected chi connectivity index (χ3v) is 0. The molecule has 0 spiro atoms. The second-order valence-corrected chi connectivity index (χ2v) is 0. The minimum absolute atomic E-state index is 0. The minimum atomic E-state index is 0. The molecular formula is H5BiClN2. The molecule has 0 aromatic heterocycles. The molecule has 0 aromatic rings. The first kappa shape index (κ1) is 19.5. The maximum atomic E-state index is 4.00. The fraction of sp³-hybridized carbons (Fsp3) is 0. The zero-order chi connectivity index (χ0) is 2.00. The van der Waals surface area contributed by atoms with Crippen molar-refractivity contribution < 1.29 is 0 Å². The first-order valence-corrected chi connectivity index (χ1v) is 0.333. The van der Waals surface area contributed by atoms with Gasteiger partial charge in [0.25, 0.3) is 0 Å².